The Bertz CT molecular complexity index is 602. The van der Waals surface area contributed by atoms with Gasteiger partial charge < -0.3 is 10.8 Å². The maximum atomic E-state index is 12.3. The molecule has 1 unspecified atom stereocenters. The smallest absolute Gasteiger partial charge is 0.320 e. The van der Waals surface area contributed by atoms with Crippen molar-refractivity contribution in [2.75, 3.05) is 16.6 Å². The minimum atomic E-state index is -3.58. The Hall–Kier alpha value is -1.67. The number of rotatable bonds is 5. The predicted molar refractivity (Wildman–Crippen MR) is 73.9 cm³/mol. The van der Waals surface area contributed by atoms with Crippen LogP contribution in [0.3, 0.4) is 0 Å². The lowest BCUT2D eigenvalue weighted by molar-refractivity contribution is -0.138. The molecule has 3 N–H and O–H groups in total. The van der Waals surface area contributed by atoms with Gasteiger partial charge in [0, 0.05) is 12.7 Å². The fourth-order valence-corrected chi connectivity index (χ4v) is 3.80. The first-order valence-corrected chi connectivity index (χ1v) is 7.95. The summed E-state index contributed by atoms with van der Waals surface area (Å²) in [6.07, 6.45) is 2.98. The highest BCUT2D eigenvalue weighted by Crippen LogP contribution is 2.27. The zero-order valence-corrected chi connectivity index (χ0v) is 11.7. The highest BCUT2D eigenvalue weighted by molar-refractivity contribution is 7.92. The molecular formula is C12H17N3O4S. The SMILES string of the molecule is NC(CCS(=O)(=O)N1CCCc2ncccc21)C(=O)O. The summed E-state index contributed by atoms with van der Waals surface area (Å²) in [5.74, 6) is -1.48. The van der Waals surface area contributed by atoms with Crippen LogP contribution in [0, 0.1) is 0 Å². The minimum absolute atomic E-state index is 0.107. The minimum Gasteiger partial charge on any atom is -0.480 e. The second kappa shape index (κ2) is 5.76. The molecular weight excluding hydrogens is 282 g/mol. The Morgan fingerprint density at radius 1 is 1.55 bits per heavy atom. The number of anilines is 1. The maximum absolute atomic E-state index is 12.3. The summed E-state index contributed by atoms with van der Waals surface area (Å²) >= 11 is 0. The van der Waals surface area contributed by atoms with E-state index in [1.165, 1.54) is 4.31 Å². The summed E-state index contributed by atoms with van der Waals surface area (Å²) in [5.41, 5.74) is 6.69. The molecule has 1 atom stereocenters. The third-order valence-corrected chi connectivity index (χ3v) is 5.05. The van der Waals surface area contributed by atoms with E-state index < -0.39 is 22.0 Å². The molecule has 0 saturated carbocycles. The van der Waals surface area contributed by atoms with E-state index in [4.69, 9.17) is 10.8 Å². The van der Waals surface area contributed by atoms with Gasteiger partial charge in [-0.1, -0.05) is 0 Å². The first-order valence-electron chi connectivity index (χ1n) is 6.34. The van der Waals surface area contributed by atoms with Crippen LogP contribution in [0.1, 0.15) is 18.5 Å². The Morgan fingerprint density at radius 2 is 2.30 bits per heavy atom. The monoisotopic (exact) mass is 299 g/mol. The van der Waals surface area contributed by atoms with Gasteiger partial charge >= 0.3 is 5.97 Å². The molecule has 0 amide bonds. The number of hydrogen-bond donors (Lipinski definition) is 2. The van der Waals surface area contributed by atoms with E-state index in [1.807, 2.05) is 0 Å². The predicted octanol–water partition coefficient (Wildman–Crippen LogP) is -0.0340. The van der Waals surface area contributed by atoms with Crippen LogP contribution in [0.5, 0.6) is 0 Å². The van der Waals surface area contributed by atoms with Crippen LogP contribution in [0.2, 0.25) is 0 Å². The van der Waals surface area contributed by atoms with Gasteiger partial charge in [-0.25, -0.2) is 8.42 Å². The van der Waals surface area contributed by atoms with Gasteiger partial charge in [-0.3, -0.25) is 14.1 Å². The number of pyridine rings is 1. The summed E-state index contributed by atoms with van der Waals surface area (Å²) in [5, 5.41) is 8.70. The van der Waals surface area contributed by atoms with E-state index in [0.29, 0.717) is 18.7 Å². The van der Waals surface area contributed by atoms with Crippen LogP contribution in [0.4, 0.5) is 5.69 Å². The third kappa shape index (κ3) is 3.07. The summed E-state index contributed by atoms with van der Waals surface area (Å²) < 4.78 is 26.0. The van der Waals surface area contributed by atoms with E-state index in [1.54, 1.807) is 18.3 Å². The van der Waals surface area contributed by atoms with E-state index in [0.717, 1.165) is 12.1 Å². The normalized spacial score (nSPS) is 16.6. The first-order chi connectivity index (χ1) is 9.42. The van der Waals surface area contributed by atoms with Crippen molar-refractivity contribution in [2.24, 2.45) is 5.73 Å². The highest BCUT2D eigenvalue weighted by atomic mass is 32.2. The van der Waals surface area contributed by atoms with Gasteiger partial charge in [-0.15, -0.1) is 0 Å². The van der Waals surface area contributed by atoms with Gasteiger partial charge in [0.25, 0.3) is 0 Å². The Labute approximate surface area is 117 Å². The second-order valence-corrected chi connectivity index (χ2v) is 6.71. The number of sulfonamides is 1. The van der Waals surface area contributed by atoms with E-state index in [2.05, 4.69) is 4.98 Å². The summed E-state index contributed by atoms with van der Waals surface area (Å²) in [6.45, 7) is 0.392. The maximum Gasteiger partial charge on any atom is 0.320 e. The Kier molecular flexibility index (Phi) is 4.24. The van der Waals surface area contributed by atoms with Crippen LogP contribution in [0.25, 0.3) is 0 Å². The van der Waals surface area contributed by atoms with Gasteiger partial charge in [0.05, 0.1) is 17.1 Å². The van der Waals surface area contributed by atoms with Crippen molar-refractivity contribution in [3.8, 4) is 0 Å². The zero-order valence-electron chi connectivity index (χ0n) is 10.9. The third-order valence-electron chi connectivity index (χ3n) is 3.25. The fourth-order valence-electron chi connectivity index (χ4n) is 2.16. The van der Waals surface area contributed by atoms with E-state index in [-0.39, 0.29) is 12.2 Å². The largest absolute Gasteiger partial charge is 0.480 e. The van der Waals surface area contributed by atoms with Crippen LogP contribution >= 0.6 is 0 Å². The second-order valence-electron chi connectivity index (χ2n) is 4.69. The van der Waals surface area contributed by atoms with E-state index in [9.17, 15) is 13.2 Å². The quantitative estimate of drug-likeness (QED) is 0.789. The van der Waals surface area contributed by atoms with Crippen LogP contribution in [-0.2, 0) is 21.2 Å². The van der Waals surface area contributed by atoms with Crippen molar-refractivity contribution in [2.45, 2.75) is 25.3 Å². The molecule has 0 spiro atoms. The number of aromatic nitrogens is 1. The molecule has 1 aromatic heterocycles. The Morgan fingerprint density at radius 3 is 3.00 bits per heavy atom. The van der Waals surface area contributed by atoms with Crippen molar-refractivity contribution >= 4 is 21.7 Å². The van der Waals surface area contributed by atoms with Crippen molar-refractivity contribution in [3.63, 3.8) is 0 Å². The molecule has 2 rings (SSSR count). The van der Waals surface area contributed by atoms with Gasteiger partial charge in [0.1, 0.15) is 6.04 Å². The highest BCUT2D eigenvalue weighted by Gasteiger charge is 2.28. The Balaban J connectivity index is 2.17. The van der Waals surface area contributed by atoms with Crippen LogP contribution in [0.15, 0.2) is 18.3 Å². The molecule has 8 heteroatoms. The van der Waals surface area contributed by atoms with Gasteiger partial charge in [-0.2, -0.15) is 0 Å². The summed E-state index contributed by atoms with van der Waals surface area (Å²) in [7, 11) is -3.58. The lowest BCUT2D eigenvalue weighted by atomic mass is 10.1. The lowest BCUT2D eigenvalue weighted by Crippen LogP contribution is -2.40. The molecule has 0 fully saturated rings. The van der Waals surface area contributed by atoms with Gasteiger partial charge in [-0.05, 0) is 31.4 Å². The molecule has 0 radical (unpaired) electrons. The molecule has 1 aliphatic rings. The molecule has 20 heavy (non-hydrogen) atoms. The van der Waals surface area contributed by atoms with Crippen molar-refractivity contribution in [1.29, 1.82) is 0 Å². The summed E-state index contributed by atoms with van der Waals surface area (Å²) in [4.78, 5) is 14.8. The number of carboxylic acids is 1. The fraction of sp³-hybridized carbons (Fsp3) is 0.500. The lowest BCUT2D eigenvalue weighted by Gasteiger charge is -2.29. The number of fused-ring (bicyclic) bond motifs is 1. The zero-order chi connectivity index (χ0) is 14.8. The molecule has 0 bridgehead atoms. The number of nitrogens with zero attached hydrogens (tertiary/aromatic N) is 2. The number of aryl methyl sites for hydroxylation is 1. The molecule has 1 aromatic rings. The number of aliphatic carboxylic acids is 1. The van der Waals surface area contributed by atoms with Gasteiger partial charge in [0.15, 0.2) is 0 Å². The molecule has 0 aliphatic carbocycles. The number of hydrogen-bond acceptors (Lipinski definition) is 5. The average Bonchev–Trinajstić information content (AvgIpc) is 2.44. The molecule has 7 nitrogen and oxygen atoms in total. The van der Waals surface area contributed by atoms with Crippen LogP contribution < -0.4 is 10.0 Å². The molecule has 110 valence electrons. The number of nitrogens with two attached hydrogens (primary N) is 1. The molecule has 2 heterocycles. The van der Waals surface area contributed by atoms with E-state index >= 15 is 0 Å². The van der Waals surface area contributed by atoms with Crippen molar-refractivity contribution in [3.05, 3.63) is 24.0 Å². The van der Waals surface area contributed by atoms with Crippen LogP contribution in [-0.4, -0.2) is 42.8 Å². The standard InChI is InChI=1S/C12H17N3O4S/c13-9(12(16)17)5-8-20(18,19)15-7-2-3-10-11(15)4-1-6-14-10/h1,4,6,9H,2-3,5,7-8,13H2,(H,16,17). The van der Waals surface area contributed by atoms with Gasteiger partial charge in [0.2, 0.25) is 10.0 Å². The number of carboxylic acid groups (broad SMARTS) is 1. The molecule has 0 aromatic carbocycles. The first kappa shape index (κ1) is 14.7. The summed E-state index contributed by atoms with van der Waals surface area (Å²) in [6, 6.07) is 2.24. The number of carbonyl (C=O) groups is 1. The van der Waals surface area contributed by atoms with Crippen molar-refractivity contribution < 1.29 is 18.3 Å². The average molecular weight is 299 g/mol. The molecule has 0 saturated heterocycles. The molecule has 1 aliphatic heterocycles. The topological polar surface area (TPSA) is 114 Å². The van der Waals surface area contributed by atoms with Crippen molar-refractivity contribution in [1.82, 2.24) is 4.98 Å².